The average Bonchev–Trinajstić information content (AvgIpc) is 2.41. The number of nitrogens with two attached hydrogens (primary N) is 1. The zero-order chi connectivity index (χ0) is 13.0. The highest BCUT2D eigenvalue weighted by atomic mass is 35.5. The molecule has 1 fully saturated rings. The molecule has 2 rings (SSSR count). The van der Waals surface area contributed by atoms with E-state index in [9.17, 15) is 4.79 Å². The van der Waals surface area contributed by atoms with E-state index in [1.807, 2.05) is 29.2 Å². The van der Waals surface area contributed by atoms with E-state index in [-0.39, 0.29) is 18.3 Å². The number of nitrogen functional groups attached to an aromatic ring is 1. The summed E-state index contributed by atoms with van der Waals surface area (Å²) in [5.74, 6) is 1.06. The fourth-order valence-electron chi connectivity index (χ4n) is 2.51. The molecule has 0 atom stereocenters. The number of piperidine rings is 1. The molecule has 1 aliphatic rings. The molecule has 0 aromatic heterocycles. The Bertz CT molecular complexity index is 397. The van der Waals surface area contributed by atoms with Crippen LogP contribution in [0.1, 0.15) is 31.7 Å². The molecule has 106 valence electrons. The van der Waals surface area contributed by atoms with Crippen LogP contribution in [-0.2, 0) is 11.2 Å². The summed E-state index contributed by atoms with van der Waals surface area (Å²) in [5.41, 5.74) is 7.43. The first-order valence-corrected chi connectivity index (χ1v) is 6.81. The lowest BCUT2D eigenvalue weighted by atomic mass is 9.94. The van der Waals surface area contributed by atoms with Crippen molar-refractivity contribution in [2.75, 3.05) is 18.8 Å². The minimum Gasteiger partial charge on any atom is -0.399 e. The highest BCUT2D eigenvalue weighted by Crippen LogP contribution is 2.20. The maximum Gasteiger partial charge on any atom is 0.226 e. The van der Waals surface area contributed by atoms with Crippen molar-refractivity contribution in [2.24, 2.45) is 5.92 Å². The number of nitrogens with zero attached hydrogens (tertiary/aromatic N) is 1. The summed E-state index contributed by atoms with van der Waals surface area (Å²) in [6, 6.07) is 7.58. The topological polar surface area (TPSA) is 46.3 Å². The van der Waals surface area contributed by atoms with Crippen molar-refractivity contribution < 1.29 is 4.79 Å². The summed E-state index contributed by atoms with van der Waals surface area (Å²) in [7, 11) is 0. The summed E-state index contributed by atoms with van der Waals surface area (Å²) in [6.45, 7) is 4.08. The van der Waals surface area contributed by atoms with E-state index < -0.39 is 0 Å². The van der Waals surface area contributed by atoms with E-state index in [0.717, 1.165) is 43.1 Å². The average molecular weight is 283 g/mol. The zero-order valence-corrected chi connectivity index (χ0v) is 12.3. The number of anilines is 1. The van der Waals surface area contributed by atoms with Gasteiger partial charge < -0.3 is 10.6 Å². The molecule has 1 saturated heterocycles. The third-order valence-corrected chi connectivity index (χ3v) is 3.88. The second-order valence-electron chi connectivity index (χ2n) is 5.15. The van der Waals surface area contributed by atoms with E-state index in [4.69, 9.17) is 5.73 Å². The molecule has 0 bridgehead atoms. The highest BCUT2D eigenvalue weighted by Gasteiger charge is 2.21. The fraction of sp³-hybridized carbons (Fsp3) is 0.533. The van der Waals surface area contributed by atoms with Gasteiger partial charge in [-0.05, 0) is 36.5 Å². The van der Waals surface area contributed by atoms with Crippen LogP contribution in [0.3, 0.4) is 0 Å². The summed E-state index contributed by atoms with van der Waals surface area (Å²) in [6.07, 6.45) is 4.05. The maximum atomic E-state index is 12.1. The molecule has 0 radical (unpaired) electrons. The maximum absolute atomic E-state index is 12.1. The highest BCUT2D eigenvalue weighted by molar-refractivity contribution is 5.85. The van der Waals surface area contributed by atoms with Crippen molar-refractivity contribution >= 4 is 24.0 Å². The Balaban J connectivity index is 0.00000180. The van der Waals surface area contributed by atoms with Gasteiger partial charge in [0.2, 0.25) is 5.91 Å². The number of carbonyl (C=O) groups excluding carboxylic acids is 1. The van der Waals surface area contributed by atoms with Gasteiger partial charge in [0.15, 0.2) is 0 Å². The lowest BCUT2D eigenvalue weighted by Gasteiger charge is -2.31. The molecular formula is C15H23ClN2O. The normalized spacial score (nSPS) is 15.9. The monoisotopic (exact) mass is 282 g/mol. The quantitative estimate of drug-likeness (QED) is 0.867. The third-order valence-electron chi connectivity index (χ3n) is 3.88. The Kier molecular flexibility index (Phi) is 6.16. The van der Waals surface area contributed by atoms with Crippen molar-refractivity contribution in [1.82, 2.24) is 4.90 Å². The minimum atomic E-state index is 0. The number of likely N-dealkylation sites (tertiary alicyclic amines) is 1. The summed E-state index contributed by atoms with van der Waals surface area (Å²) >= 11 is 0. The van der Waals surface area contributed by atoms with E-state index >= 15 is 0 Å². The molecule has 19 heavy (non-hydrogen) atoms. The van der Waals surface area contributed by atoms with Crippen LogP contribution in [0.15, 0.2) is 24.3 Å². The molecule has 0 saturated carbocycles. The first kappa shape index (κ1) is 15.8. The van der Waals surface area contributed by atoms with Crippen molar-refractivity contribution in [1.29, 1.82) is 0 Å². The summed E-state index contributed by atoms with van der Waals surface area (Å²) in [4.78, 5) is 14.1. The number of benzene rings is 1. The van der Waals surface area contributed by atoms with Gasteiger partial charge in [0.1, 0.15) is 0 Å². The predicted molar refractivity (Wildman–Crippen MR) is 81.4 cm³/mol. The molecule has 2 N–H and O–H groups in total. The van der Waals surface area contributed by atoms with Crippen LogP contribution in [-0.4, -0.2) is 23.9 Å². The lowest BCUT2D eigenvalue weighted by molar-refractivity contribution is -0.131. The van der Waals surface area contributed by atoms with Crippen molar-refractivity contribution in [3.63, 3.8) is 0 Å². The molecule has 0 spiro atoms. The molecular weight excluding hydrogens is 260 g/mol. The van der Waals surface area contributed by atoms with Gasteiger partial charge in [-0.1, -0.05) is 25.5 Å². The number of hydrogen-bond donors (Lipinski definition) is 1. The first-order chi connectivity index (χ1) is 8.69. The number of amides is 1. The predicted octanol–water partition coefficient (Wildman–Crippen LogP) is 2.88. The van der Waals surface area contributed by atoms with Gasteiger partial charge in [0.25, 0.3) is 0 Å². The van der Waals surface area contributed by atoms with Crippen molar-refractivity contribution in [2.45, 2.75) is 32.6 Å². The van der Waals surface area contributed by atoms with Gasteiger partial charge in [0.05, 0.1) is 6.42 Å². The molecule has 0 unspecified atom stereocenters. The Morgan fingerprint density at radius 3 is 2.37 bits per heavy atom. The van der Waals surface area contributed by atoms with Gasteiger partial charge in [-0.15, -0.1) is 12.4 Å². The van der Waals surface area contributed by atoms with E-state index in [0.29, 0.717) is 6.42 Å². The van der Waals surface area contributed by atoms with Crippen LogP contribution in [0, 0.1) is 5.92 Å². The second kappa shape index (κ2) is 7.39. The molecule has 1 aromatic carbocycles. The molecule has 3 nitrogen and oxygen atoms in total. The molecule has 1 heterocycles. The second-order valence-corrected chi connectivity index (χ2v) is 5.15. The number of rotatable bonds is 3. The molecule has 0 aliphatic carbocycles. The van der Waals surface area contributed by atoms with Crippen LogP contribution >= 0.6 is 12.4 Å². The number of carbonyl (C=O) groups is 1. The third kappa shape index (κ3) is 4.43. The molecule has 1 aromatic rings. The van der Waals surface area contributed by atoms with Gasteiger partial charge in [-0.3, -0.25) is 4.79 Å². The smallest absolute Gasteiger partial charge is 0.226 e. The molecule has 4 heteroatoms. The fourth-order valence-corrected chi connectivity index (χ4v) is 2.51. The molecule has 1 aliphatic heterocycles. The van der Waals surface area contributed by atoms with Gasteiger partial charge in [-0.2, -0.15) is 0 Å². The Morgan fingerprint density at radius 1 is 1.26 bits per heavy atom. The first-order valence-electron chi connectivity index (χ1n) is 6.81. The summed E-state index contributed by atoms with van der Waals surface area (Å²) in [5, 5.41) is 0. The van der Waals surface area contributed by atoms with Crippen molar-refractivity contribution in [3.05, 3.63) is 29.8 Å². The van der Waals surface area contributed by atoms with Crippen LogP contribution in [0.2, 0.25) is 0 Å². The van der Waals surface area contributed by atoms with E-state index in [1.54, 1.807) is 0 Å². The Hall–Kier alpha value is -1.22. The van der Waals surface area contributed by atoms with Crippen LogP contribution in [0.5, 0.6) is 0 Å². The SMILES string of the molecule is CCC1CCN(C(=O)Cc2ccc(N)cc2)CC1.Cl. The Morgan fingerprint density at radius 2 is 1.84 bits per heavy atom. The summed E-state index contributed by atoms with van der Waals surface area (Å²) < 4.78 is 0. The minimum absolute atomic E-state index is 0. The van der Waals surface area contributed by atoms with E-state index in [2.05, 4.69) is 6.92 Å². The van der Waals surface area contributed by atoms with E-state index in [1.165, 1.54) is 6.42 Å². The van der Waals surface area contributed by atoms with Crippen LogP contribution in [0.25, 0.3) is 0 Å². The van der Waals surface area contributed by atoms with Crippen molar-refractivity contribution in [3.8, 4) is 0 Å². The Labute approximate surface area is 121 Å². The largest absolute Gasteiger partial charge is 0.399 e. The number of halogens is 1. The van der Waals surface area contributed by atoms with Gasteiger partial charge >= 0.3 is 0 Å². The lowest BCUT2D eigenvalue weighted by Crippen LogP contribution is -2.39. The molecule has 1 amide bonds. The standard InChI is InChI=1S/C15H22N2O.ClH/c1-2-12-7-9-17(10-8-12)15(18)11-13-3-5-14(16)6-4-13;/h3-6,12H,2,7-11,16H2,1H3;1H. The number of hydrogen-bond acceptors (Lipinski definition) is 2. The van der Waals surface area contributed by atoms with Gasteiger partial charge in [0, 0.05) is 18.8 Å². The van der Waals surface area contributed by atoms with Gasteiger partial charge in [-0.25, -0.2) is 0 Å². The zero-order valence-electron chi connectivity index (χ0n) is 11.5. The van der Waals surface area contributed by atoms with Crippen LogP contribution in [0.4, 0.5) is 5.69 Å². The van der Waals surface area contributed by atoms with Crippen LogP contribution < -0.4 is 5.73 Å².